The van der Waals surface area contributed by atoms with E-state index in [0.717, 1.165) is 5.75 Å². The molecule has 2 heteroatoms. The number of ether oxygens (including phenoxy) is 1. The van der Waals surface area contributed by atoms with E-state index in [0.29, 0.717) is 0 Å². The van der Waals surface area contributed by atoms with Gasteiger partial charge in [-0.05, 0) is 49.2 Å². The molecule has 0 aliphatic carbocycles. The normalized spacial score (nSPS) is 10.3. The maximum atomic E-state index is 5.16. The Labute approximate surface area is 107 Å². The van der Waals surface area contributed by atoms with Crippen molar-refractivity contribution in [3.05, 3.63) is 53.6 Å². The minimum atomic E-state index is 0.899. The summed E-state index contributed by atoms with van der Waals surface area (Å²) in [6.45, 7) is 4.30. The van der Waals surface area contributed by atoms with E-state index in [1.165, 1.54) is 20.9 Å². The van der Waals surface area contributed by atoms with E-state index in [1.807, 2.05) is 12.1 Å². The van der Waals surface area contributed by atoms with Crippen molar-refractivity contribution in [1.29, 1.82) is 0 Å². The summed E-state index contributed by atoms with van der Waals surface area (Å²) in [5.74, 6) is 0.899. The Bertz CT molecular complexity index is 483. The van der Waals surface area contributed by atoms with Gasteiger partial charge in [0.25, 0.3) is 0 Å². The third-order valence-corrected chi connectivity index (χ3v) is 4.04. The standard InChI is InChI=1S/C15H16OS/c1-11-5-4-6-12(2)15(11)17-14-9-7-13(16-3)8-10-14/h4-10H,1-3H3. The van der Waals surface area contributed by atoms with Gasteiger partial charge in [-0.3, -0.25) is 0 Å². The molecule has 0 amide bonds. The first kappa shape index (κ1) is 12.1. The Hall–Kier alpha value is -1.41. The Morgan fingerprint density at radius 2 is 1.47 bits per heavy atom. The van der Waals surface area contributed by atoms with Crippen LogP contribution in [0.1, 0.15) is 11.1 Å². The zero-order chi connectivity index (χ0) is 12.3. The van der Waals surface area contributed by atoms with Crippen molar-refractivity contribution < 1.29 is 4.74 Å². The van der Waals surface area contributed by atoms with Gasteiger partial charge in [0, 0.05) is 9.79 Å². The monoisotopic (exact) mass is 244 g/mol. The fraction of sp³-hybridized carbons (Fsp3) is 0.200. The molecule has 0 aliphatic rings. The zero-order valence-electron chi connectivity index (χ0n) is 10.4. The van der Waals surface area contributed by atoms with Crippen LogP contribution >= 0.6 is 11.8 Å². The smallest absolute Gasteiger partial charge is 0.118 e. The number of hydrogen-bond donors (Lipinski definition) is 0. The van der Waals surface area contributed by atoms with Crippen molar-refractivity contribution in [3.8, 4) is 5.75 Å². The second kappa shape index (κ2) is 5.28. The second-order valence-corrected chi connectivity index (χ2v) is 5.08. The first-order valence-corrected chi connectivity index (χ1v) is 6.40. The van der Waals surface area contributed by atoms with E-state index in [4.69, 9.17) is 4.74 Å². The molecule has 88 valence electrons. The molecule has 0 spiro atoms. The number of rotatable bonds is 3. The van der Waals surface area contributed by atoms with Crippen molar-refractivity contribution in [2.24, 2.45) is 0 Å². The topological polar surface area (TPSA) is 9.23 Å². The molecule has 0 unspecified atom stereocenters. The molecule has 0 aromatic heterocycles. The van der Waals surface area contributed by atoms with E-state index < -0.39 is 0 Å². The molecule has 0 aliphatic heterocycles. The predicted molar refractivity (Wildman–Crippen MR) is 73.0 cm³/mol. The maximum Gasteiger partial charge on any atom is 0.118 e. The molecule has 0 atom stereocenters. The highest BCUT2D eigenvalue weighted by Crippen LogP contribution is 2.33. The van der Waals surface area contributed by atoms with Crippen LogP contribution in [0.25, 0.3) is 0 Å². The summed E-state index contributed by atoms with van der Waals surface area (Å²) in [7, 11) is 1.69. The minimum Gasteiger partial charge on any atom is -0.497 e. The van der Waals surface area contributed by atoms with E-state index in [1.54, 1.807) is 18.9 Å². The fourth-order valence-electron chi connectivity index (χ4n) is 1.72. The molecule has 2 aromatic carbocycles. The van der Waals surface area contributed by atoms with Crippen molar-refractivity contribution in [2.45, 2.75) is 23.6 Å². The van der Waals surface area contributed by atoms with Crippen LogP contribution in [0.3, 0.4) is 0 Å². The summed E-state index contributed by atoms with van der Waals surface area (Å²) in [5, 5.41) is 0. The first-order chi connectivity index (χ1) is 8.20. The predicted octanol–water partition coefficient (Wildman–Crippen LogP) is 4.46. The summed E-state index contributed by atoms with van der Waals surface area (Å²) >= 11 is 1.80. The van der Waals surface area contributed by atoms with Crippen LogP contribution in [0.2, 0.25) is 0 Å². The lowest BCUT2D eigenvalue weighted by Crippen LogP contribution is -1.85. The fourth-order valence-corrected chi connectivity index (χ4v) is 2.69. The third kappa shape index (κ3) is 2.83. The highest BCUT2D eigenvalue weighted by Gasteiger charge is 2.04. The molecular weight excluding hydrogens is 228 g/mol. The highest BCUT2D eigenvalue weighted by molar-refractivity contribution is 7.99. The Balaban J connectivity index is 2.25. The molecule has 2 rings (SSSR count). The van der Waals surface area contributed by atoms with Crippen LogP contribution in [0.15, 0.2) is 52.3 Å². The minimum absolute atomic E-state index is 0.899. The molecule has 0 N–H and O–H groups in total. The van der Waals surface area contributed by atoms with Gasteiger partial charge < -0.3 is 4.74 Å². The van der Waals surface area contributed by atoms with E-state index in [2.05, 4.69) is 44.2 Å². The molecule has 0 fully saturated rings. The second-order valence-electron chi connectivity index (χ2n) is 4.00. The molecule has 0 heterocycles. The average Bonchev–Trinajstić information content (AvgIpc) is 2.35. The van der Waals surface area contributed by atoms with Gasteiger partial charge in [0.15, 0.2) is 0 Å². The van der Waals surface area contributed by atoms with Crippen molar-refractivity contribution in [2.75, 3.05) is 7.11 Å². The lowest BCUT2D eigenvalue weighted by molar-refractivity contribution is 0.414. The third-order valence-electron chi connectivity index (χ3n) is 2.69. The summed E-state index contributed by atoms with van der Waals surface area (Å²) < 4.78 is 5.16. The summed E-state index contributed by atoms with van der Waals surface area (Å²) in [6, 6.07) is 14.6. The molecular formula is C15H16OS. The van der Waals surface area contributed by atoms with Gasteiger partial charge in [-0.1, -0.05) is 30.0 Å². The van der Waals surface area contributed by atoms with E-state index in [-0.39, 0.29) is 0 Å². The number of methoxy groups -OCH3 is 1. The van der Waals surface area contributed by atoms with Crippen LogP contribution in [-0.4, -0.2) is 7.11 Å². The van der Waals surface area contributed by atoms with Crippen LogP contribution < -0.4 is 4.74 Å². The Kier molecular flexibility index (Phi) is 3.75. The van der Waals surface area contributed by atoms with Gasteiger partial charge >= 0.3 is 0 Å². The van der Waals surface area contributed by atoms with Gasteiger partial charge in [-0.15, -0.1) is 0 Å². The SMILES string of the molecule is COc1ccc(Sc2c(C)cccc2C)cc1. The number of benzene rings is 2. The van der Waals surface area contributed by atoms with E-state index >= 15 is 0 Å². The number of aryl methyl sites for hydroxylation is 2. The number of hydrogen-bond acceptors (Lipinski definition) is 2. The summed E-state index contributed by atoms with van der Waals surface area (Å²) in [4.78, 5) is 2.58. The highest BCUT2D eigenvalue weighted by atomic mass is 32.2. The maximum absolute atomic E-state index is 5.16. The van der Waals surface area contributed by atoms with E-state index in [9.17, 15) is 0 Å². The van der Waals surface area contributed by atoms with Crippen LogP contribution in [0.4, 0.5) is 0 Å². The largest absolute Gasteiger partial charge is 0.497 e. The zero-order valence-corrected chi connectivity index (χ0v) is 11.2. The van der Waals surface area contributed by atoms with Gasteiger partial charge in [-0.25, -0.2) is 0 Å². The molecule has 1 nitrogen and oxygen atoms in total. The van der Waals surface area contributed by atoms with Crippen molar-refractivity contribution in [1.82, 2.24) is 0 Å². The van der Waals surface area contributed by atoms with Crippen LogP contribution in [0.5, 0.6) is 5.75 Å². The molecule has 0 saturated carbocycles. The molecule has 0 bridgehead atoms. The Morgan fingerprint density at radius 1 is 0.882 bits per heavy atom. The lowest BCUT2D eigenvalue weighted by atomic mass is 10.2. The van der Waals surface area contributed by atoms with Gasteiger partial charge in [0.1, 0.15) is 5.75 Å². The van der Waals surface area contributed by atoms with Gasteiger partial charge in [0.05, 0.1) is 7.11 Å². The van der Waals surface area contributed by atoms with Crippen LogP contribution in [0, 0.1) is 13.8 Å². The van der Waals surface area contributed by atoms with Gasteiger partial charge in [-0.2, -0.15) is 0 Å². The van der Waals surface area contributed by atoms with Gasteiger partial charge in [0.2, 0.25) is 0 Å². The quantitative estimate of drug-likeness (QED) is 0.788. The first-order valence-electron chi connectivity index (χ1n) is 5.59. The summed E-state index contributed by atoms with van der Waals surface area (Å²) in [5.41, 5.74) is 2.65. The molecule has 17 heavy (non-hydrogen) atoms. The molecule has 2 aromatic rings. The van der Waals surface area contributed by atoms with Crippen molar-refractivity contribution in [3.63, 3.8) is 0 Å². The van der Waals surface area contributed by atoms with Crippen molar-refractivity contribution >= 4 is 11.8 Å². The summed E-state index contributed by atoms with van der Waals surface area (Å²) in [6.07, 6.45) is 0. The Morgan fingerprint density at radius 3 is 2.00 bits per heavy atom. The average molecular weight is 244 g/mol. The lowest BCUT2D eigenvalue weighted by Gasteiger charge is -2.09. The van der Waals surface area contributed by atoms with Crippen LogP contribution in [-0.2, 0) is 0 Å². The molecule has 0 radical (unpaired) electrons. The molecule has 0 saturated heterocycles.